The summed E-state index contributed by atoms with van der Waals surface area (Å²) in [6, 6.07) is 8.75. The lowest BCUT2D eigenvalue weighted by Gasteiger charge is -2.45. The molecule has 0 bridgehead atoms. The third kappa shape index (κ3) is 4.55. The van der Waals surface area contributed by atoms with E-state index in [4.69, 9.17) is 16.3 Å². The number of ether oxygens (including phenoxy) is 1. The molecule has 2 fully saturated rings. The number of benzene rings is 1. The average molecular weight is 366 g/mol. The van der Waals surface area contributed by atoms with Gasteiger partial charge in [0, 0.05) is 24.2 Å². The van der Waals surface area contributed by atoms with E-state index in [9.17, 15) is 0 Å². The molecule has 1 saturated carbocycles. The second-order valence-corrected chi connectivity index (χ2v) is 7.67. The predicted molar refractivity (Wildman–Crippen MR) is 104 cm³/mol. The van der Waals surface area contributed by atoms with Gasteiger partial charge in [-0.25, -0.2) is 0 Å². The van der Waals surface area contributed by atoms with Gasteiger partial charge in [0.25, 0.3) is 0 Å². The Labute approximate surface area is 157 Å². The van der Waals surface area contributed by atoms with Crippen LogP contribution in [-0.2, 0) is 10.3 Å². The molecule has 1 heterocycles. The first-order chi connectivity index (χ1) is 12.3. The third-order valence-electron chi connectivity index (χ3n) is 5.85. The average Bonchev–Trinajstić information content (AvgIpc) is 2.67. The molecule has 0 unspecified atom stereocenters. The van der Waals surface area contributed by atoms with Gasteiger partial charge in [-0.15, -0.1) is 0 Å². The lowest BCUT2D eigenvalue weighted by Crippen LogP contribution is -2.58. The number of nitrogens with one attached hydrogen (secondary N) is 2. The maximum atomic E-state index is 6.57. The Bertz CT molecular complexity index is 535. The van der Waals surface area contributed by atoms with Gasteiger partial charge in [0.05, 0.1) is 18.8 Å². The van der Waals surface area contributed by atoms with Gasteiger partial charge in [-0.05, 0) is 51.0 Å². The second-order valence-electron chi connectivity index (χ2n) is 7.26. The van der Waals surface area contributed by atoms with Crippen LogP contribution in [0.2, 0.25) is 5.02 Å². The van der Waals surface area contributed by atoms with Gasteiger partial charge < -0.3 is 15.4 Å². The maximum absolute atomic E-state index is 6.57. The van der Waals surface area contributed by atoms with E-state index in [2.05, 4.69) is 34.7 Å². The van der Waals surface area contributed by atoms with Crippen molar-refractivity contribution in [3.8, 4) is 0 Å². The molecule has 2 atom stereocenters. The molecule has 3 rings (SSSR count). The molecule has 1 aromatic carbocycles. The van der Waals surface area contributed by atoms with Crippen LogP contribution in [0.1, 0.15) is 37.7 Å². The molecule has 140 valence electrons. The zero-order valence-electron chi connectivity index (χ0n) is 15.4. The van der Waals surface area contributed by atoms with E-state index in [1.54, 1.807) is 0 Å². The number of halogens is 1. The normalized spacial score (nSPS) is 28.2. The summed E-state index contributed by atoms with van der Waals surface area (Å²) >= 11 is 6.57. The summed E-state index contributed by atoms with van der Waals surface area (Å²) in [5.74, 6) is 0. The number of rotatable bonds is 7. The van der Waals surface area contributed by atoms with Crippen molar-refractivity contribution in [1.29, 1.82) is 0 Å². The van der Waals surface area contributed by atoms with Crippen LogP contribution in [0.3, 0.4) is 0 Å². The quantitative estimate of drug-likeness (QED) is 0.728. The Morgan fingerprint density at radius 3 is 2.80 bits per heavy atom. The molecule has 2 N–H and O–H groups in total. The van der Waals surface area contributed by atoms with Crippen molar-refractivity contribution in [2.75, 3.05) is 46.4 Å². The zero-order chi connectivity index (χ0) is 17.5. The van der Waals surface area contributed by atoms with Gasteiger partial charge in [0.1, 0.15) is 0 Å². The zero-order valence-corrected chi connectivity index (χ0v) is 16.2. The Balaban J connectivity index is 1.60. The molecule has 1 saturated heterocycles. The molecule has 0 aromatic heterocycles. The summed E-state index contributed by atoms with van der Waals surface area (Å²) in [4.78, 5) is 2.51. The van der Waals surface area contributed by atoms with E-state index in [0.717, 1.165) is 50.8 Å². The van der Waals surface area contributed by atoms with Crippen LogP contribution in [0, 0.1) is 0 Å². The summed E-state index contributed by atoms with van der Waals surface area (Å²) in [6.07, 6.45) is 6.05. The smallest absolute Gasteiger partial charge is 0.0602 e. The van der Waals surface area contributed by atoms with Crippen molar-refractivity contribution >= 4 is 11.6 Å². The summed E-state index contributed by atoms with van der Waals surface area (Å²) in [5, 5.41) is 8.36. The summed E-state index contributed by atoms with van der Waals surface area (Å²) in [6.45, 7) is 6.11. The van der Waals surface area contributed by atoms with E-state index < -0.39 is 0 Å². The summed E-state index contributed by atoms with van der Waals surface area (Å²) < 4.78 is 5.43. The Kier molecular flexibility index (Phi) is 7.14. The highest BCUT2D eigenvalue weighted by molar-refractivity contribution is 6.31. The molecule has 2 aliphatic rings. The fourth-order valence-electron chi connectivity index (χ4n) is 4.43. The predicted octanol–water partition coefficient (Wildman–Crippen LogP) is 3.01. The van der Waals surface area contributed by atoms with Crippen molar-refractivity contribution < 1.29 is 4.74 Å². The highest BCUT2D eigenvalue weighted by Crippen LogP contribution is 2.40. The Morgan fingerprint density at radius 1 is 1.24 bits per heavy atom. The lowest BCUT2D eigenvalue weighted by molar-refractivity contribution is 0.0371. The molecular weight excluding hydrogens is 334 g/mol. The number of likely N-dealkylation sites (N-methyl/N-ethyl adjacent to an activating group) is 1. The van der Waals surface area contributed by atoms with Crippen LogP contribution < -0.4 is 10.6 Å². The minimum absolute atomic E-state index is 0.0600. The van der Waals surface area contributed by atoms with E-state index >= 15 is 0 Å². The van der Waals surface area contributed by atoms with E-state index in [1.807, 2.05) is 12.1 Å². The highest BCUT2D eigenvalue weighted by atomic mass is 35.5. The van der Waals surface area contributed by atoms with Crippen LogP contribution in [0.4, 0.5) is 0 Å². The summed E-state index contributed by atoms with van der Waals surface area (Å²) in [7, 11) is 2.08. The van der Waals surface area contributed by atoms with E-state index in [-0.39, 0.29) is 5.54 Å². The highest BCUT2D eigenvalue weighted by Gasteiger charge is 2.41. The molecular formula is C20H32ClN3O. The molecule has 0 radical (unpaired) electrons. The number of hydrogen-bond acceptors (Lipinski definition) is 4. The fraction of sp³-hybridized carbons (Fsp3) is 0.700. The van der Waals surface area contributed by atoms with Crippen LogP contribution in [0.25, 0.3) is 0 Å². The molecule has 4 nitrogen and oxygen atoms in total. The summed E-state index contributed by atoms with van der Waals surface area (Å²) in [5.41, 5.74) is 1.18. The van der Waals surface area contributed by atoms with Crippen LogP contribution in [-0.4, -0.2) is 57.4 Å². The Morgan fingerprint density at radius 2 is 2.04 bits per heavy atom. The van der Waals surface area contributed by atoms with Crippen molar-refractivity contribution in [2.24, 2.45) is 0 Å². The fourth-order valence-corrected chi connectivity index (χ4v) is 4.74. The van der Waals surface area contributed by atoms with Crippen LogP contribution in [0.5, 0.6) is 0 Å². The lowest BCUT2D eigenvalue weighted by atomic mass is 9.72. The molecule has 0 spiro atoms. The van der Waals surface area contributed by atoms with E-state index in [1.165, 1.54) is 31.2 Å². The van der Waals surface area contributed by atoms with Gasteiger partial charge in [0.15, 0.2) is 0 Å². The molecule has 0 amide bonds. The topological polar surface area (TPSA) is 36.5 Å². The molecule has 1 aliphatic carbocycles. The van der Waals surface area contributed by atoms with Crippen LogP contribution >= 0.6 is 11.6 Å². The van der Waals surface area contributed by atoms with Gasteiger partial charge in [-0.3, -0.25) is 4.90 Å². The molecule has 1 aromatic rings. The standard InChI is InChI=1S/C20H32ClN3O/c1-22-20(17-7-2-3-8-18(17)21)10-5-4-9-19(20)23-11-6-12-24-13-15-25-16-14-24/h2-3,7-8,19,22-23H,4-6,9-16H2,1H3/t19-,20+/m1/s1. The Hall–Kier alpha value is -0.650. The van der Waals surface area contributed by atoms with Crippen molar-refractivity contribution in [1.82, 2.24) is 15.5 Å². The molecule has 1 aliphatic heterocycles. The van der Waals surface area contributed by atoms with Gasteiger partial charge >= 0.3 is 0 Å². The minimum atomic E-state index is -0.0600. The first kappa shape index (κ1) is 19.1. The SMILES string of the molecule is CN[C@]1(c2ccccc2Cl)CCCC[C@H]1NCCCN1CCOCC1. The number of nitrogens with zero attached hydrogens (tertiary/aromatic N) is 1. The van der Waals surface area contributed by atoms with Crippen molar-refractivity contribution in [3.05, 3.63) is 34.9 Å². The number of hydrogen-bond donors (Lipinski definition) is 2. The monoisotopic (exact) mass is 365 g/mol. The minimum Gasteiger partial charge on any atom is -0.379 e. The van der Waals surface area contributed by atoms with Gasteiger partial charge in [-0.1, -0.05) is 42.6 Å². The maximum Gasteiger partial charge on any atom is 0.0602 e. The van der Waals surface area contributed by atoms with E-state index in [0.29, 0.717) is 6.04 Å². The van der Waals surface area contributed by atoms with Crippen LogP contribution in [0.15, 0.2) is 24.3 Å². The van der Waals surface area contributed by atoms with Gasteiger partial charge in [-0.2, -0.15) is 0 Å². The van der Waals surface area contributed by atoms with Crippen molar-refractivity contribution in [2.45, 2.75) is 43.7 Å². The molecule has 25 heavy (non-hydrogen) atoms. The first-order valence-electron chi connectivity index (χ1n) is 9.74. The van der Waals surface area contributed by atoms with Crippen molar-refractivity contribution in [3.63, 3.8) is 0 Å². The second kappa shape index (κ2) is 9.33. The first-order valence-corrected chi connectivity index (χ1v) is 10.1. The largest absolute Gasteiger partial charge is 0.379 e. The van der Waals surface area contributed by atoms with Gasteiger partial charge in [0.2, 0.25) is 0 Å². The third-order valence-corrected chi connectivity index (χ3v) is 6.18. The molecule has 5 heteroatoms. The number of morpholine rings is 1.